The van der Waals surface area contributed by atoms with E-state index in [4.69, 9.17) is 10.2 Å². The van der Waals surface area contributed by atoms with Crippen molar-refractivity contribution in [2.75, 3.05) is 0 Å². The Morgan fingerprint density at radius 2 is 2.00 bits per heavy atom. The van der Waals surface area contributed by atoms with Crippen LogP contribution in [0, 0.1) is 0 Å². The zero-order chi connectivity index (χ0) is 13.9. The van der Waals surface area contributed by atoms with E-state index < -0.39 is 16.1 Å². The quantitative estimate of drug-likeness (QED) is 0.874. The highest BCUT2D eigenvalue weighted by Gasteiger charge is 2.21. The average molecular weight is 280 g/mol. The molecule has 0 aliphatic rings. The molecule has 1 atom stereocenters. The van der Waals surface area contributed by atoms with Crippen molar-refractivity contribution in [2.45, 2.75) is 24.4 Å². The lowest BCUT2D eigenvalue weighted by Crippen LogP contribution is -2.27. The topological polar surface area (TPSA) is 85.3 Å². The predicted octanol–water partition coefficient (Wildman–Crippen LogP) is 1.78. The molecular formula is C13H16N2O3S. The number of nitrogens with two attached hydrogens (primary N) is 1. The molecule has 2 rings (SSSR count). The molecule has 1 heterocycles. The summed E-state index contributed by atoms with van der Waals surface area (Å²) in [5, 5.41) is 0. The van der Waals surface area contributed by atoms with Crippen LogP contribution in [0.15, 0.2) is 52.0 Å². The molecule has 0 bridgehead atoms. The van der Waals surface area contributed by atoms with Crippen molar-refractivity contribution in [2.24, 2.45) is 5.73 Å². The minimum atomic E-state index is -3.62. The molecule has 5 nitrogen and oxygen atoms in total. The molecule has 1 aromatic heterocycles. The number of nitrogens with one attached hydrogen (secondary N) is 1. The maximum absolute atomic E-state index is 12.3. The summed E-state index contributed by atoms with van der Waals surface area (Å²) in [6.45, 7) is 1.90. The van der Waals surface area contributed by atoms with Gasteiger partial charge < -0.3 is 10.2 Å². The maximum atomic E-state index is 12.3. The standard InChI is InChI=1S/C13H16N2O3S/c1-10(12-6-4-8-18-12)15-19(16,17)13-7-3-2-5-11(13)9-14/h2-8,10,15H,9,14H2,1H3. The van der Waals surface area contributed by atoms with Gasteiger partial charge in [-0.3, -0.25) is 0 Å². The van der Waals surface area contributed by atoms with Crippen LogP contribution in [0.4, 0.5) is 0 Å². The van der Waals surface area contributed by atoms with Gasteiger partial charge in [-0.15, -0.1) is 0 Å². The van der Waals surface area contributed by atoms with Crippen LogP contribution in [0.5, 0.6) is 0 Å². The zero-order valence-electron chi connectivity index (χ0n) is 10.5. The van der Waals surface area contributed by atoms with Crippen molar-refractivity contribution < 1.29 is 12.8 Å². The largest absolute Gasteiger partial charge is 0.468 e. The van der Waals surface area contributed by atoms with E-state index in [2.05, 4.69) is 4.72 Å². The molecule has 0 spiro atoms. The third-order valence-electron chi connectivity index (χ3n) is 2.78. The Bertz CT molecular complexity index is 636. The molecule has 1 unspecified atom stereocenters. The number of furan rings is 1. The SMILES string of the molecule is CC(NS(=O)(=O)c1ccccc1CN)c1ccco1. The molecule has 0 aliphatic heterocycles. The minimum Gasteiger partial charge on any atom is -0.468 e. The summed E-state index contributed by atoms with van der Waals surface area (Å²) in [6, 6.07) is 9.68. The third-order valence-corrected chi connectivity index (χ3v) is 4.43. The van der Waals surface area contributed by atoms with E-state index in [1.54, 1.807) is 43.3 Å². The molecule has 0 aliphatic carbocycles. The summed E-state index contributed by atoms with van der Waals surface area (Å²) in [7, 11) is -3.62. The van der Waals surface area contributed by atoms with Gasteiger partial charge in [0.1, 0.15) is 5.76 Å². The Morgan fingerprint density at radius 1 is 1.26 bits per heavy atom. The molecule has 0 radical (unpaired) electrons. The van der Waals surface area contributed by atoms with E-state index in [0.717, 1.165) is 0 Å². The van der Waals surface area contributed by atoms with E-state index in [1.165, 1.54) is 6.26 Å². The monoisotopic (exact) mass is 280 g/mol. The van der Waals surface area contributed by atoms with E-state index in [0.29, 0.717) is 11.3 Å². The zero-order valence-corrected chi connectivity index (χ0v) is 11.4. The van der Waals surface area contributed by atoms with E-state index >= 15 is 0 Å². The van der Waals surface area contributed by atoms with Gasteiger partial charge in [0.15, 0.2) is 0 Å². The molecule has 3 N–H and O–H groups in total. The fourth-order valence-electron chi connectivity index (χ4n) is 1.83. The Kier molecular flexibility index (Phi) is 4.04. The number of hydrogen-bond acceptors (Lipinski definition) is 4. The van der Waals surface area contributed by atoms with Crippen LogP contribution in [-0.2, 0) is 16.6 Å². The van der Waals surface area contributed by atoms with Gasteiger partial charge in [0.05, 0.1) is 17.2 Å². The first kappa shape index (κ1) is 13.8. The summed E-state index contributed by atoms with van der Waals surface area (Å²) in [5.74, 6) is 0.564. The minimum absolute atomic E-state index is 0.173. The molecule has 0 fully saturated rings. The van der Waals surface area contributed by atoms with Crippen LogP contribution >= 0.6 is 0 Å². The summed E-state index contributed by atoms with van der Waals surface area (Å²) < 4.78 is 32.4. The van der Waals surface area contributed by atoms with Gasteiger partial charge in [0.25, 0.3) is 0 Å². The van der Waals surface area contributed by atoms with Gasteiger partial charge >= 0.3 is 0 Å². The van der Waals surface area contributed by atoms with Crippen LogP contribution in [0.3, 0.4) is 0 Å². The molecule has 0 amide bonds. The van der Waals surface area contributed by atoms with Gasteiger partial charge in [-0.2, -0.15) is 0 Å². The van der Waals surface area contributed by atoms with Gasteiger partial charge in [-0.05, 0) is 30.7 Å². The van der Waals surface area contributed by atoms with Gasteiger partial charge in [-0.25, -0.2) is 13.1 Å². The van der Waals surface area contributed by atoms with Crippen molar-refractivity contribution in [3.8, 4) is 0 Å². The fraction of sp³-hybridized carbons (Fsp3) is 0.231. The second kappa shape index (κ2) is 5.56. The second-order valence-electron chi connectivity index (χ2n) is 4.17. The average Bonchev–Trinajstić information content (AvgIpc) is 2.92. The molecule has 2 aromatic rings. The Hall–Kier alpha value is -1.63. The predicted molar refractivity (Wildman–Crippen MR) is 71.8 cm³/mol. The first-order valence-corrected chi connectivity index (χ1v) is 7.36. The Labute approximate surface area is 112 Å². The lowest BCUT2D eigenvalue weighted by atomic mass is 10.2. The lowest BCUT2D eigenvalue weighted by molar-refractivity contribution is 0.459. The highest BCUT2D eigenvalue weighted by atomic mass is 32.2. The van der Waals surface area contributed by atoms with Crippen molar-refractivity contribution in [3.05, 3.63) is 54.0 Å². The Balaban J connectivity index is 2.28. The molecule has 0 saturated carbocycles. The molecule has 1 aromatic carbocycles. The summed E-state index contributed by atoms with van der Waals surface area (Å²) >= 11 is 0. The first-order chi connectivity index (χ1) is 9.04. The lowest BCUT2D eigenvalue weighted by Gasteiger charge is -2.14. The van der Waals surface area contributed by atoms with Crippen molar-refractivity contribution in [1.82, 2.24) is 4.72 Å². The fourth-order valence-corrected chi connectivity index (χ4v) is 3.29. The van der Waals surface area contributed by atoms with E-state index in [-0.39, 0.29) is 11.4 Å². The van der Waals surface area contributed by atoms with Crippen molar-refractivity contribution >= 4 is 10.0 Å². The molecule has 102 valence electrons. The highest BCUT2D eigenvalue weighted by molar-refractivity contribution is 7.89. The van der Waals surface area contributed by atoms with Crippen LogP contribution in [0.2, 0.25) is 0 Å². The van der Waals surface area contributed by atoms with Gasteiger partial charge in [0.2, 0.25) is 10.0 Å². The second-order valence-corrected chi connectivity index (χ2v) is 5.85. The van der Waals surface area contributed by atoms with Gasteiger partial charge in [0, 0.05) is 6.54 Å². The number of hydrogen-bond donors (Lipinski definition) is 2. The summed E-state index contributed by atoms with van der Waals surface area (Å²) in [4.78, 5) is 0.205. The highest BCUT2D eigenvalue weighted by Crippen LogP contribution is 2.19. The normalized spacial score (nSPS) is 13.4. The van der Waals surface area contributed by atoms with Gasteiger partial charge in [-0.1, -0.05) is 18.2 Å². The number of sulfonamides is 1. The third kappa shape index (κ3) is 3.04. The van der Waals surface area contributed by atoms with Crippen LogP contribution in [0.25, 0.3) is 0 Å². The van der Waals surface area contributed by atoms with Crippen molar-refractivity contribution in [1.29, 1.82) is 0 Å². The molecule has 19 heavy (non-hydrogen) atoms. The Morgan fingerprint density at radius 3 is 2.63 bits per heavy atom. The summed E-state index contributed by atoms with van der Waals surface area (Å²) in [6.07, 6.45) is 1.51. The van der Waals surface area contributed by atoms with Crippen LogP contribution in [0.1, 0.15) is 24.3 Å². The smallest absolute Gasteiger partial charge is 0.241 e. The number of rotatable bonds is 5. The molecule has 6 heteroatoms. The maximum Gasteiger partial charge on any atom is 0.241 e. The van der Waals surface area contributed by atoms with Crippen molar-refractivity contribution in [3.63, 3.8) is 0 Å². The van der Waals surface area contributed by atoms with E-state index in [1.807, 2.05) is 0 Å². The number of benzene rings is 1. The first-order valence-electron chi connectivity index (χ1n) is 5.88. The molecule has 0 saturated heterocycles. The summed E-state index contributed by atoms with van der Waals surface area (Å²) in [5.41, 5.74) is 6.15. The molecular weight excluding hydrogens is 264 g/mol. The van der Waals surface area contributed by atoms with Crippen LogP contribution in [-0.4, -0.2) is 8.42 Å². The van der Waals surface area contributed by atoms with E-state index in [9.17, 15) is 8.42 Å². The van der Waals surface area contributed by atoms with Crippen LogP contribution < -0.4 is 10.5 Å².